The lowest BCUT2D eigenvalue weighted by atomic mass is 10.0. The van der Waals surface area contributed by atoms with E-state index in [1.54, 1.807) is 6.08 Å². The quantitative estimate of drug-likeness (QED) is 0.0155. The van der Waals surface area contributed by atoms with Gasteiger partial charge < -0.3 is 19.3 Å². The van der Waals surface area contributed by atoms with Gasteiger partial charge in [-0.15, -0.1) is 0 Å². The number of allylic oxidation sites excluding steroid dienone is 6. The third-order valence-electron chi connectivity index (χ3n) is 9.61. The molecule has 55 heavy (non-hydrogen) atoms. The molecule has 320 valence electrons. The van der Waals surface area contributed by atoms with Crippen LogP contribution in [-0.4, -0.2) is 46.8 Å². The highest BCUT2D eigenvalue weighted by atomic mass is 31.2. The van der Waals surface area contributed by atoms with E-state index < -0.39 is 32.5 Å². The van der Waals surface area contributed by atoms with Gasteiger partial charge in [0.2, 0.25) is 0 Å². The second-order valence-corrected chi connectivity index (χ2v) is 16.3. The molecule has 0 radical (unpaired) electrons. The zero-order valence-corrected chi connectivity index (χ0v) is 36.0. The van der Waals surface area contributed by atoms with Crippen LogP contribution in [0.25, 0.3) is 0 Å². The van der Waals surface area contributed by atoms with Crippen LogP contribution in [0.1, 0.15) is 213 Å². The van der Waals surface area contributed by atoms with Gasteiger partial charge in [0.05, 0.1) is 6.61 Å². The van der Waals surface area contributed by atoms with E-state index in [1.807, 2.05) is 12.2 Å². The van der Waals surface area contributed by atoms with E-state index >= 15 is 0 Å². The van der Waals surface area contributed by atoms with E-state index in [2.05, 4.69) is 36.6 Å². The summed E-state index contributed by atoms with van der Waals surface area (Å²) >= 11 is 0. The van der Waals surface area contributed by atoms with Crippen LogP contribution in [0.4, 0.5) is 0 Å². The fraction of sp³-hybridized carbons (Fsp3) is 0.800. The van der Waals surface area contributed by atoms with Crippen molar-refractivity contribution in [1.29, 1.82) is 0 Å². The van der Waals surface area contributed by atoms with Gasteiger partial charge in [-0.1, -0.05) is 166 Å². The number of unbranched alkanes of at least 4 members (excludes halogenated alkanes) is 24. The van der Waals surface area contributed by atoms with Gasteiger partial charge in [0, 0.05) is 19.3 Å². The SMILES string of the molecule is CCCCC/C=C\C=C\C(=O)CCCCCCCC(=O)O[C@H](COC(=O)CCCCCCCCCCCCC/C=C\CCCCCCCC)COP(=O)(O)O. The number of esters is 2. The first-order valence-corrected chi connectivity index (χ1v) is 23.8. The normalized spacial score (nSPS) is 12.7. The predicted molar refractivity (Wildman–Crippen MR) is 226 cm³/mol. The molecule has 1 atom stereocenters. The highest BCUT2D eigenvalue weighted by Gasteiger charge is 2.23. The van der Waals surface area contributed by atoms with Crippen LogP contribution in [0.5, 0.6) is 0 Å². The molecule has 10 heteroatoms. The minimum absolute atomic E-state index is 0.112. The maximum atomic E-state index is 12.4. The molecule has 9 nitrogen and oxygen atoms in total. The fourth-order valence-corrected chi connectivity index (χ4v) is 6.59. The summed E-state index contributed by atoms with van der Waals surface area (Å²) in [5.74, 6) is -0.862. The monoisotopic (exact) mass is 797 g/mol. The standard InChI is InChI=1S/C45H81O9P/c1-3-5-7-9-11-12-13-14-15-16-17-18-19-20-21-22-23-24-26-30-34-38-44(47)52-40-43(41-53-55(49,50)51)54-45(48)39-35-31-27-29-33-37-42(46)36-32-28-25-10-8-6-4-2/h14-15,25,28,32,36,43H,3-13,16-24,26-27,29-31,33-35,37-41H2,1-2H3,(H2,49,50,51)/b15-14-,28-25-,36-32+/t43-/m1/s1. The summed E-state index contributed by atoms with van der Waals surface area (Å²) in [6.07, 6.45) is 44.0. The smallest absolute Gasteiger partial charge is 0.462 e. The van der Waals surface area contributed by atoms with Crippen molar-refractivity contribution in [3.8, 4) is 0 Å². The van der Waals surface area contributed by atoms with Crippen molar-refractivity contribution in [2.24, 2.45) is 0 Å². The molecule has 0 spiro atoms. The summed E-state index contributed by atoms with van der Waals surface area (Å²) in [4.78, 5) is 54.9. The van der Waals surface area contributed by atoms with Crippen molar-refractivity contribution in [2.45, 2.75) is 219 Å². The summed E-state index contributed by atoms with van der Waals surface area (Å²) in [5.41, 5.74) is 0. The minimum atomic E-state index is -4.79. The van der Waals surface area contributed by atoms with Crippen molar-refractivity contribution in [1.82, 2.24) is 0 Å². The van der Waals surface area contributed by atoms with Gasteiger partial charge in [0.1, 0.15) is 6.61 Å². The number of ketones is 1. The Labute approximate surface area is 336 Å². The van der Waals surface area contributed by atoms with Crippen LogP contribution in [0.15, 0.2) is 36.5 Å². The van der Waals surface area contributed by atoms with Crippen LogP contribution in [0.3, 0.4) is 0 Å². The molecule has 0 aliphatic carbocycles. The second-order valence-electron chi connectivity index (χ2n) is 15.1. The Kier molecular flexibility index (Phi) is 38.6. The summed E-state index contributed by atoms with van der Waals surface area (Å²) < 4.78 is 26.3. The molecule has 0 fully saturated rings. The van der Waals surface area contributed by atoms with E-state index in [1.165, 1.54) is 116 Å². The molecule has 0 aliphatic heterocycles. The Morgan fingerprint density at radius 2 is 0.927 bits per heavy atom. The molecule has 0 aromatic carbocycles. The predicted octanol–water partition coefficient (Wildman–Crippen LogP) is 12.9. The van der Waals surface area contributed by atoms with E-state index in [9.17, 15) is 18.9 Å². The topological polar surface area (TPSA) is 136 Å². The average molecular weight is 797 g/mol. The lowest BCUT2D eigenvalue weighted by Gasteiger charge is -2.18. The van der Waals surface area contributed by atoms with Crippen LogP contribution < -0.4 is 0 Å². The average Bonchev–Trinajstić information content (AvgIpc) is 3.15. The number of phosphoric ester groups is 1. The first-order chi connectivity index (χ1) is 26.7. The molecule has 0 amide bonds. The van der Waals surface area contributed by atoms with Crippen LogP contribution in [0, 0.1) is 0 Å². The molecule has 0 heterocycles. The molecule has 0 saturated heterocycles. The Hall–Kier alpha value is -2.06. The van der Waals surface area contributed by atoms with E-state index in [4.69, 9.17) is 19.3 Å². The molecule has 0 bridgehead atoms. The highest BCUT2D eigenvalue weighted by Crippen LogP contribution is 2.36. The van der Waals surface area contributed by atoms with Gasteiger partial charge in [-0.2, -0.15) is 0 Å². The largest absolute Gasteiger partial charge is 0.469 e. The van der Waals surface area contributed by atoms with Crippen molar-refractivity contribution in [2.75, 3.05) is 13.2 Å². The zero-order chi connectivity index (χ0) is 40.5. The number of carbonyl (C=O) groups is 3. The molecule has 2 N–H and O–H groups in total. The number of phosphoric acid groups is 1. The van der Waals surface area contributed by atoms with Gasteiger partial charge in [-0.05, 0) is 63.9 Å². The third kappa shape index (κ3) is 42.9. The van der Waals surface area contributed by atoms with Crippen molar-refractivity contribution in [3.05, 3.63) is 36.5 Å². The summed E-state index contributed by atoms with van der Waals surface area (Å²) in [7, 11) is -4.79. The summed E-state index contributed by atoms with van der Waals surface area (Å²) in [5, 5.41) is 0. The molecule has 0 aromatic rings. The van der Waals surface area contributed by atoms with E-state index in [0.717, 1.165) is 51.4 Å². The summed E-state index contributed by atoms with van der Waals surface area (Å²) in [6, 6.07) is 0. The zero-order valence-electron chi connectivity index (χ0n) is 35.1. The minimum Gasteiger partial charge on any atom is -0.462 e. The molecule has 0 saturated carbocycles. The van der Waals surface area contributed by atoms with Crippen molar-refractivity contribution < 1.29 is 42.7 Å². The number of ether oxygens (including phenoxy) is 2. The van der Waals surface area contributed by atoms with E-state index in [0.29, 0.717) is 19.3 Å². The lowest BCUT2D eigenvalue weighted by Crippen LogP contribution is -2.29. The number of hydrogen-bond donors (Lipinski definition) is 2. The molecule has 0 aromatic heterocycles. The van der Waals surface area contributed by atoms with E-state index in [-0.39, 0.29) is 25.2 Å². The molecular formula is C45H81O9P. The maximum absolute atomic E-state index is 12.4. The Morgan fingerprint density at radius 1 is 0.509 bits per heavy atom. The lowest BCUT2D eigenvalue weighted by molar-refractivity contribution is -0.161. The Bertz CT molecular complexity index is 1050. The summed E-state index contributed by atoms with van der Waals surface area (Å²) in [6.45, 7) is 3.54. The first-order valence-electron chi connectivity index (χ1n) is 22.2. The number of carbonyl (C=O) groups excluding carboxylic acids is 3. The van der Waals surface area contributed by atoms with Crippen LogP contribution >= 0.6 is 7.82 Å². The van der Waals surface area contributed by atoms with Gasteiger partial charge in [0.25, 0.3) is 0 Å². The van der Waals surface area contributed by atoms with Gasteiger partial charge in [0.15, 0.2) is 11.9 Å². The van der Waals surface area contributed by atoms with Crippen LogP contribution in [0.2, 0.25) is 0 Å². The number of rotatable bonds is 41. The van der Waals surface area contributed by atoms with Crippen molar-refractivity contribution in [3.63, 3.8) is 0 Å². The van der Waals surface area contributed by atoms with Gasteiger partial charge >= 0.3 is 19.8 Å². The van der Waals surface area contributed by atoms with Gasteiger partial charge in [-0.25, -0.2) is 4.57 Å². The second kappa shape index (κ2) is 40.1. The molecular weight excluding hydrogens is 715 g/mol. The Balaban J connectivity index is 3.93. The Morgan fingerprint density at radius 3 is 1.45 bits per heavy atom. The molecule has 0 unspecified atom stereocenters. The van der Waals surface area contributed by atoms with Gasteiger partial charge in [-0.3, -0.25) is 18.9 Å². The maximum Gasteiger partial charge on any atom is 0.469 e. The third-order valence-corrected chi connectivity index (χ3v) is 10.1. The molecule has 0 aliphatic rings. The van der Waals surface area contributed by atoms with Crippen LogP contribution in [-0.2, 0) is 32.9 Å². The fourth-order valence-electron chi connectivity index (χ4n) is 6.23. The highest BCUT2D eigenvalue weighted by molar-refractivity contribution is 7.46. The van der Waals surface area contributed by atoms with Crippen molar-refractivity contribution >= 4 is 25.5 Å². The number of hydrogen-bond acceptors (Lipinski definition) is 7. The first kappa shape index (κ1) is 52.9. The molecule has 0 rings (SSSR count).